The van der Waals surface area contributed by atoms with Crippen molar-refractivity contribution < 1.29 is 9.13 Å². The Hall–Kier alpha value is -3.66. The molecule has 1 N–H and O–H groups in total. The van der Waals surface area contributed by atoms with E-state index in [1.165, 1.54) is 12.1 Å². The standard InChI is InChI=1S/C22H18FN5O/c1-12-15-8-14(23)3-4-20(15)29-6-5-18-21(19(9-24)28(2)27-18)13-7-16-17(12)11-26-22(16)25-10-13/h3-4,7-8,10-12H,5-6H2,1-2H3,(H,25,26)/t12-/m1/s1. The van der Waals surface area contributed by atoms with Crippen LogP contribution in [0.3, 0.4) is 0 Å². The summed E-state index contributed by atoms with van der Waals surface area (Å²) >= 11 is 0. The van der Waals surface area contributed by atoms with Crippen LogP contribution < -0.4 is 4.74 Å². The molecule has 0 spiro atoms. The first-order chi connectivity index (χ1) is 14.1. The summed E-state index contributed by atoms with van der Waals surface area (Å²) in [6.07, 6.45) is 4.19. The number of ether oxygens (including phenoxy) is 1. The van der Waals surface area contributed by atoms with Gasteiger partial charge in [-0.15, -0.1) is 0 Å². The molecule has 4 aromatic rings. The van der Waals surface area contributed by atoms with Crippen LogP contribution in [0.1, 0.15) is 35.4 Å². The second-order valence-electron chi connectivity index (χ2n) is 7.27. The zero-order valence-corrected chi connectivity index (χ0v) is 16.0. The lowest BCUT2D eigenvalue weighted by atomic mass is 9.91. The number of nitrogens with one attached hydrogen (secondary N) is 1. The summed E-state index contributed by atoms with van der Waals surface area (Å²) in [4.78, 5) is 7.77. The Morgan fingerprint density at radius 3 is 3.00 bits per heavy atom. The van der Waals surface area contributed by atoms with Crippen molar-refractivity contribution in [2.24, 2.45) is 7.05 Å². The second-order valence-corrected chi connectivity index (χ2v) is 7.27. The zero-order valence-electron chi connectivity index (χ0n) is 16.0. The molecule has 144 valence electrons. The number of pyridine rings is 1. The van der Waals surface area contributed by atoms with Crippen LogP contribution in [0, 0.1) is 17.1 Å². The van der Waals surface area contributed by atoms with Crippen molar-refractivity contribution in [3.63, 3.8) is 0 Å². The number of hydrogen-bond donors (Lipinski definition) is 1. The number of halogens is 1. The quantitative estimate of drug-likeness (QED) is 0.493. The SMILES string of the molecule is C[C@@H]1c2cc(F)ccc2OCCc2nn(C)c(C#N)c2-c2cnc3[nH]cc1c3c2. The van der Waals surface area contributed by atoms with E-state index in [0.717, 1.165) is 39.0 Å². The van der Waals surface area contributed by atoms with Gasteiger partial charge >= 0.3 is 0 Å². The van der Waals surface area contributed by atoms with Gasteiger partial charge in [-0.3, -0.25) is 4.68 Å². The van der Waals surface area contributed by atoms with Gasteiger partial charge in [0.2, 0.25) is 0 Å². The van der Waals surface area contributed by atoms with Crippen LogP contribution >= 0.6 is 0 Å². The summed E-state index contributed by atoms with van der Waals surface area (Å²) in [6, 6.07) is 8.90. The van der Waals surface area contributed by atoms with Crippen molar-refractivity contribution in [3.8, 4) is 22.9 Å². The molecule has 3 aromatic heterocycles. The molecule has 4 heterocycles. The molecule has 0 amide bonds. The predicted molar refractivity (Wildman–Crippen MR) is 106 cm³/mol. The van der Waals surface area contributed by atoms with Crippen molar-refractivity contribution in [1.29, 1.82) is 5.26 Å². The van der Waals surface area contributed by atoms with Crippen molar-refractivity contribution in [1.82, 2.24) is 19.7 Å². The van der Waals surface area contributed by atoms with Gasteiger partial charge in [-0.05, 0) is 29.8 Å². The van der Waals surface area contributed by atoms with Crippen molar-refractivity contribution in [2.45, 2.75) is 19.3 Å². The molecule has 29 heavy (non-hydrogen) atoms. The van der Waals surface area contributed by atoms with Gasteiger partial charge < -0.3 is 9.72 Å². The lowest BCUT2D eigenvalue weighted by molar-refractivity contribution is 0.315. The van der Waals surface area contributed by atoms with Gasteiger partial charge in [-0.2, -0.15) is 10.4 Å². The molecular weight excluding hydrogens is 369 g/mol. The number of aromatic amines is 1. The molecule has 5 rings (SSSR count). The summed E-state index contributed by atoms with van der Waals surface area (Å²) in [5.74, 6) is 0.251. The molecule has 0 saturated carbocycles. The fourth-order valence-corrected chi connectivity index (χ4v) is 4.12. The first-order valence-corrected chi connectivity index (χ1v) is 9.42. The van der Waals surface area contributed by atoms with E-state index < -0.39 is 0 Å². The number of hydrogen-bond acceptors (Lipinski definition) is 4. The van der Waals surface area contributed by atoms with Crippen LogP contribution in [0.25, 0.3) is 22.2 Å². The van der Waals surface area contributed by atoms with Gasteiger partial charge in [0.1, 0.15) is 29.0 Å². The third kappa shape index (κ3) is 2.68. The van der Waals surface area contributed by atoms with E-state index in [9.17, 15) is 9.65 Å². The Morgan fingerprint density at radius 2 is 2.17 bits per heavy atom. The average Bonchev–Trinajstić information content (AvgIpc) is 3.27. The molecule has 1 atom stereocenters. The first kappa shape index (κ1) is 17.4. The number of aromatic nitrogens is 4. The monoisotopic (exact) mass is 387 g/mol. The van der Waals surface area contributed by atoms with Crippen LogP contribution in [0.5, 0.6) is 5.75 Å². The number of rotatable bonds is 0. The highest BCUT2D eigenvalue weighted by molar-refractivity contribution is 5.87. The molecule has 0 radical (unpaired) electrons. The Bertz CT molecular complexity index is 1300. The van der Waals surface area contributed by atoms with Crippen LogP contribution in [0.4, 0.5) is 4.39 Å². The largest absolute Gasteiger partial charge is 0.493 e. The minimum Gasteiger partial charge on any atom is -0.493 e. The highest BCUT2D eigenvalue weighted by Gasteiger charge is 2.23. The molecule has 0 fully saturated rings. The van der Waals surface area contributed by atoms with Gasteiger partial charge in [-0.25, -0.2) is 9.37 Å². The summed E-state index contributed by atoms with van der Waals surface area (Å²) in [5, 5.41) is 15.2. The number of aryl methyl sites for hydroxylation is 1. The predicted octanol–water partition coefficient (Wildman–Crippen LogP) is 4.06. The van der Waals surface area contributed by atoms with Crippen molar-refractivity contribution in [3.05, 3.63) is 65.0 Å². The molecule has 0 unspecified atom stereocenters. The molecule has 1 aliphatic rings. The highest BCUT2D eigenvalue weighted by atomic mass is 19.1. The maximum absolute atomic E-state index is 14.0. The van der Waals surface area contributed by atoms with Gasteiger partial charge in [0.25, 0.3) is 0 Å². The molecule has 0 saturated heterocycles. The van der Waals surface area contributed by atoms with E-state index in [1.807, 2.05) is 19.2 Å². The lowest BCUT2D eigenvalue weighted by Crippen LogP contribution is -2.07. The fourth-order valence-electron chi connectivity index (χ4n) is 4.12. The molecular formula is C22H18FN5O. The van der Waals surface area contributed by atoms with Crippen molar-refractivity contribution in [2.75, 3.05) is 6.61 Å². The Kier molecular flexibility index (Phi) is 3.88. The maximum Gasteiger partial charge on any atom is 0.146 e. The molecule has 6 nitrogen and oxygen atoms in total. The molecule has 7 heteroatoms. The smallest absolute Gasteiger partial charge is 0.146 e. The number of H-pyrrole nitrogens is 1. The first-order valence-electron chi connectivity index (χ1n) is 9.42. The number of nitriles is 1. The molecule has 1 aliphatic heterocycles. The summed E-state index contributed by atoms with van der Waals surface area (Å²) in [6.45, 7) is 2.40. The van der Waals surface area contributed by atoms with E-state index in [0.29, 0.717) is 24.5 Å². The van der Waals surface area contributed by atoms with Crippen molar-refractivity contribution >= 4 is 11.0 Å². The molecule has 0 aliphatic carbocycles. The highest BCUT2D eigenvalue weighted by Crippen LogP contribution is 2.38. The van der Waals surface area contributed by atoms with Gasteiger partial charge in [0.05, 0.1) is 12.3 Å². The third-order valence-electron chi connectivity index (χ3n) is 5.58. The fraction of sp³-hybridized carbons (Fsp3) is 0.227. The average molecular weight is 387 g/mol. The Morgan fingerprint density at radius 1 is 1.31 bits per heavy atom. The Balaban J connectivity index is 1.80. The summed E-state index contributed by atoms with van der Waals surface area (Å²) < 4.78 is 21.7. The van der Waals surface area contributed by atoms with Gasteiger partial charge in [-0.1, -0.05) is 6.92 Å². The number of fused-ring (bicyclic) bond motifs is 4. The third-order valence-corrected chi connectivity index (χ3v) is 5.58. The zero-order chi connectivity index (χ0) is 20.1. The maximum atomic E-state index is 14.0. The van der Waals surface area contributed by atoms with Crippen LogP contribution in [-0.4, -0.2) is 26.4 Å². The van der Waals surface area contributed by atoms with Crippen LogP contribution in [0.2, 0.25) is 0 Å². The van der Waals surface area contributed by atoms with Crippen LogP contribution in [0.15, 0.2) is 36.7 Å². The Labute approximate surface area is 166 Å². The van der Waals surface area contributed by atoms with E-state index in [2.05, 4.69) is 21.1 Å². The minimum atomic E-state index is -0.296. The summed E-state index contributed by atoms with van der Waals surface area (Å²) in [7, 11) is 1.76. The second kappa shape index (κ2) is 6.45. The molecule has 1 aromatic carbocycles. The van der Waals surface area contributed by atoms with E-state index in [-0.39, 0.29) is 11.7 Å². The topological polar surface area (TPSA) is 79.5 Å². The normalized spacial score (nSPS) is 15.7. The summed E-state index contributed by atoms with van der Waals surface area (Å²) in [5.41, 5.74) is 5.42. The van der Waals surface area contributed by atoms with E-state index >= 15 is 0 Å². The van der Waals surface area contributed by atoms with Gasteiger partial charge in [0, 0.05) is 53.9 Å². The van der Waals surface area contributed by atoms with Crippen LogP contribution in [-0.2, 0) is 13.5 Å². The van der Waals surface area contributed by atoms with E-state index in [1.54, 1.807) is 24.0 Å². The molecule has 2 bridgehead atoms. The minimum absolute atomic E-state index is 0.102. The van der Waals surface area contributed by atoms with E-state index in [4.69, 9.17) is 4.74 Å². The number of nitrogens with zero attached hydrogens (tertiary/aromatic N) is 4. The van der Waals surface area contributed by atoms with Gasteiger partial charge in [0.15, 0.2) is 0 Å². The number of benzene rings is 1. The lowest BCUT2D eigenvalue weighted by Gasteiger charge is -2.18.